The van der Waals surface area contributed by atoms with E-state index in [0.29, 0.717) is 11.1 Å². The Morgan fingerprint density at radius 3 is 0.718 bits per heavy atom. The quantitative estimate of drug-likeness (QED) is 0.284. The zero-order valence-corrected chi connectivity index (χ0v) is 89.1. The van der Waals surface area contributed by atoms with Crippen molar-refractivity contribution in [3.05, 3.63) is 70.2 Å². The summed E-state index contributed by atoms with van der Waals surface area (Å²) in [5.41, 5.74) is 2.72. The topological polar surface area (TPSA) is 17.1 Å². The molecule has 0 aliphatic heterocycles. The predicted molar refractivity (Wildman–Crippen MR) is 546 cm³/mol. The molecule has 61 heteroatoms. The highest BCUT2D eigenvalue weighted by Crippen LogP contribution is 2.61. The van der Waals surface area contributed by atoms with Gasteiger partial charge in [-0.25, -0.2) is 0 Å². The van der Waals surface area contributed by atoms with Crippen molar-refractivity contribution in [2.24, 2.45) is 5.41 Å². The molecule has 1 aliphatic rings. The highest BCUT2D eigenvalue weighted by molar-refractivity contribution is 8.83. The van der Waals surface area contributed by atoms with Gasteiger partial charge in [0.2, 0.25) is 0 Å². The Kier molecular flexibility index (Phi) is 65.3. The summed E-state index contributed by atoms with van der Waals surface area (Å²) in [6, 6.07) is 1.84. The Hall–Kier alpha value is 10.9. The van der Waals surface area contributed by atoms with Crippen LogP contribution in [-0.2, 0) is 548 Å². The van der Waals surface area contributed by atoms with Crippen molar-refractivity contribution in [1.82, 2.24) is 0 Å². The Morgan fingerprint density at radius 1 is 0.318 bits per heavy atom. The Labute approximate surface area is 677 Å². The summed E-state index contributed by atoms with van der Waals surface area (Å²) in [7, 11) is 104. The molecule has 1 nitrogen and oxygen atoms in total. The zero-order valence-electron chi connectivity index (χ0n) is 45.1. The van der Waals surface area contributed by atoms with Crippen LogP contribution in [0.5, 0.6) is 0 Å². The summed E-state index contributed by atoms with van der Waals surface area (Å²) in [6.07, 6.45) is 0.765. The van der Waals surface area contributed by atoms with Gasteiger partial charge in [0, 0.05) is 554 Å². The Balaban J connectivity index is 0.000000758. The monoisotopic (exact) mass is 2250 g/mol. The molecule has 0 radical (unpaired) electrons. The van der Waals surface area contributed by atoms with Crippen molar-refractivity contribution in [2.45, 2.75) is 52.4 Å². The predicted octanol–water partition coefficient (Wildman–Crippen LogP) is 5.35. The number of hydrogen-bond acceptors (Lipinski definition) is 3. The van der Waals surface area contributed by atoms with Crippen LogP contribution in [0.15, 0.2) is 42.3 Å². The molecular formula is C24H26OS60. The van der Waals surface area contributed by atoms with Crippen LogP contribution in [0.4, 0.5) is 0 Å². The molecule has 0 saturated carbocycles. The molecule has 2 aromatic carbocycles. The van der Waals surface area contributed by atoms with Gasteiger partial charge in [-0.15, -0.1) is 0 Å². The highest BCUT2D eigenvalue weighted by Gasteiger charge is 2.56. The first-order chi connectivity index (χ1) is 43.6. The molecule has 3 rings (SSSR count). The van der Waals surface area contributed by atoms with Gasteiger partial charge in [0.15, 0.2) is 6.29 Å². The van der Waals surface area contributed by atoms with Gasteiger partial charge in [-0.05, 0) is 51.6 Å². The van der Waals surface area contributed by atoms with Gasteiger partial charge in [0.1, 0.15) is 0 Å². The Bertz CT molecular complexity index is 5820. The molecule has 0 unspecified atom stereocenters. The summed E-state index contributed by atoms with van der Waals surface area (Å²) in [4.78, 5) is 11.8. The van der Waals surface area contributed by atoms with Gasteiger partial charge in [-0.2, -0.15) is 0 Å². The van der Waals surface area contributed by atoms with Gasteiger partial charge < -0.3 is 0 Å². The van der Waals surface area contributed by atoms with Crippen LogP contribution in [0.1, 0.15) is 81.0 Å². The lowest BCUT2D eigenvalue weighted by molar-refractivity contribution is 0.112. The fraction of sp³-hybridized carbons (Fsp3) is 0.375. The highest BCUT2D eigenvalue weighted by atomic mass is 33.5. The molecule has 1 aliphatic carbocycles. The van der Waals surface area contributed by atoms with Crippen LogP contribution in [0.2, 0.25) is 0 Å². The van der Waals surface area contributed by atoms with E-state index in [4.69, 9.17) is 29.2 Å². The van der Waals surface area contributed by atoms with Crippen LogP contribution in [-0.4, -0.2) is 6.29 Å². The second kappa shape index (κ2) is 66.8. The van der Waals surface area contributed by atoms with E-state index < -0.39 is 18.1 Å². The van der Waals surface area contributed by atoms with Crippen molar-refractivity contribution < 1.29 is 11.6 Å². The first-order valence-corrected chi connectivity index (χ1v) is 96.9. The van der Waals surface area contributed by atoms with Gasteiger partial charge in [-0.3, -0.25) is 4.79 Å². The van der Waals surface area contributed by atoms with E-state index in [1.165, 1.54) is 17.8 Å². The van der Waals surface area contributed by atoms with Crippen LogP contribution in [0.3, 0.4) is 0 Å². The van der Waals surface area contributed by atoms with E-state index in [2.05, 4.69) is 53.4 Å². The molecule has 0 saturated heterocycles. The summed E-state index contributed by atoms with van der Waals surface area (Å²) in [6.45, 7) is 13.2. The van der Waals surface area contributed by atoms with Crippen molar-refractivity contribution in [3.63, 3.8) is 0 Å². The number of carbonyl (C=O) groups excluding carboxylic acids is 1. The fourth-order valence-corrected chi connectivity index (χ4v) is 158. The summed E-state index contributed by atoms with van der Waals surface area (Å²) >= 11 is 9.64. The standard InChI is InChI=1S/C24H26O.S60/c1-22(2)20-14-18(13-12-17-10-8-7-9-11-17)19(16-25)15-21(20)23(3,4)24(22,5)6;1-3-5-7-9-11-13-15-17-19-21-23-25-27-29-31-33-35-37-39-41-43-45-47-49-51-53-55-57-59-60-58-56-54-52-50-48-46-44-42-40-38-36-34-32-30-28-26-24-22-20-18-16-14-12-10-8-6-4-2/h7-11,14-16H,1-6H3;/i7D,8D,9D,10D,11D;. The number of benzene rings is 2. The molecule has 0 spiro atoms. The Morgan fingerprint density at radius 2 is 0.518 bits per heavy atom. The van der Waals surface area contributed by atoms with E-state index in [-0.39, 0.29) is 33.9 Å². The second-order valence-electron chi connectivity index (χ2n) is 12.2. The minimum atomic E-state index is -0.451. The van der Waals surface area contributed by atoms with E-state index in [1.807, 2.05) is 403 Å². The fourth-order valence-electron chi connectivity index (χ4n) is 4.39. The first-order valence-electron chi connectivity index (χ1n) is 20.8. The molecule has 0 bridgehead atoms. The molecule has 2 aromatic rings. The number of rotatable bonds is 1. The van der Waals surface area contributed by atoms with Gasteiger partial charge in [-0.1, -0.05) is 71.5 Å². The molecule has 85 heavy (non-hydrogen) atoms. The van der Waals surface area contributed by atoms with Crippen molar-refractivity contribution in [2.75, 3.05) is 0 Å². The number of carbonyl (C=O) groups is 1. The number of aldehydes is 1. The summed E-state index contributed by atoms with van der Waals surface area (Å²) in [5.74, 6) is 5.64. The lowest BCUT2D eigenvalue weighted by Crippen LogP contribution is -2.42. The van der Waals surface area contributed by atoms with Crippen LogP contribution in [0, 0.1) is 17.3 Å². The zero-order chi connectivity index (χ0) is 65.8. The lowest BCUT2D eigenvalue weighted by Gasteiger charge is -2.44. The third kappa shape index (κ3) is 49.3. The molecule has 0 amide bonds. The van der Waals surface area contributed by atoms with Crippen molar-refractivity contribution in [1.29, 1.82) is 0 Å². The van der Waals surface area contributed by atoms with E-state index in [9.17, 15) is 4.79 Å². The average Bonchev–Trinajstić information content (AvgIpc) is 1.54. The van der Waals surface area contributed by atoms with Crippen molar-refractivity contribution in [3.8, 4) is 11.8 Å². The van der Waals surface area contributed by atoms with Crippen molar-refractivity contribution >= 4 is 544 Å². The molecule has 0 N–H and O–H groups in total. The summed E-state index contributed by atoms with van der Waals surface area (Å²) in [5, 5.41) is 0. The maximum atomic E-state index is 11.8. The minimum absolute atomic E-state index is 0.0680. The molecular weight excluding hydrogens is 2230 g/mol. The molecule has 488 valence electrons. The average molecular weight is 2260 g/mol. The maximum Gasteiger partial charge on any atom is 0.151 e. The second-order valence-corrected chi connectivity index (χ2v) is 115. The smallest absolute Gasteiger partial charge is 0.151 e. The summed E-state index contributed by atoms with van der Waals surface area (Å²) < 4.78 is 39.4. The molecule has 0 fully saturated rings. The van der Waals surface area contributed by atoms with Crippen LogP contribution in [0.25, 0.3) is 0 Å². The number of hydrogen-bond donors (Lipinski definition) is 0. The van der Waals surface area contributed by atoms with Crippen LogP contribution < -0.4 is 0 Å². The van der Waals surface area contributed by atoms with E-state index in [1.54, 1.807) is 107 Å². The van der Waals surface area contributed by atoms with Crippen LogP contribution >= 0.6 is 0 Å². The molecule has 0 heterocycles. The van der Waals surface area contributed by atoms with Gasteiger partial charge in [0.05, 0.1) is 6.85 Å². The lowest BCUT2D eigenvalue weighted by atomic mass is 9.59. The normalized spacial score (nSPS) is 11.9. The van der Waals surface area contributed by atoms with E-state index >= 15 is 0 Å². The third-order valence-corrected chi connectivity index (χ3v) is 135. The third-order valence-electron chi connectivity index (χ3n) is 8.19. The van der Waals surface area contributed by atoms with E-state index in [0.717, 1.165) is 17.4 Å². The molecule has 0 aromatic heterocycles. The van der Waals surface area contributed by atoms with Gasteiger partial charge >= 0.3 is 0 Å². The number of fused-ring (bicyclic) bond motifs is 1. The maximum absolute atomic E-state index is 11.8. The van der Waals surface area contributed by atoms with Gasteiger partial charge in [0.25, 0.3) is 0 Å². The minimum Gasteiger partial charge on any atom is -0.298 e. The molecule has 0 atom stereocenters. The largest absolute Gasteiger partial charge is 0.298 e. The SMILES string of the molecule is S=S=S=S=S=S=S=S=S=S=S=S=S=S=S=S=S=S=S=S=S=S=S=S=S=S=S=S=S=S=S=S=S=S=S=S=S=S=S=S=S=S=S=S=S=S=S=S=S=S=S=S=S=S=S=S=S=S=S=S.[2H]c1c([2H])c([2H])c(C#Cc2cc3c(cc2C=O)C(C)(C)C(C)(C)C3(C)C)c([2H])c1[2H]. The first kappa shape index (κ1) is 83.1.